The van der Waals surface area contributed by atoms with E-state index in [4.69, 9.17) is 9.97 Å². The Morgan fingerprint density at radius 2 is 1.85 bits per heavy atom. The predicted octanol–water partition coefficient (Wildman–Crippen LogP) is 5.78. The van der Waals surface area contributed by atoms with Crippen LogP contribution in [0.25, 0.3) is 22.7 Å². The molecule has 2 aliphatic carbocycles. The number of thiophene rings is 1. The van der Waals surface area contributed by atoms with E-state index in [1.165, 1.54) is 15.3 Å². The van der Waals surface area contributed by atoms with Crippen LogP contribution in [0.4, 0.5) is 11.6 Å². The fourth-order valence-electron chi connectivity index (χ4n) is 5.55. The van der Waals surface area contributed by atoms with Gasteiger partial charge in [0.25, 0.3) is 0 Å². The normalized spacial score (nSPS) is 22.5. The highest BCUT2D eigenvalue weighted by molar-refractivity contribution is 7.16. The van der Waals surface area contributed by atoms with Crippen LogP contribution < -0.4 is 10.6 Å². The Morgan fingerprint density at radius 3 is 2.51 bits per heavy atom. The van der Waals surface area contributed by atoms with Gasteiger partial charge in [-0.1, -0.05) is 25.5 Å². The minimum Gasteiger partial charge on any atom is -0.396 e. The lowest BCUT2D eigenvalue weighted by Crippen LogP contribution is -2.35. The second kappa shape index (κ2) is 11.9. The van der Waals surface area contributed by atoms with Crippen LogP contribution in [0.1, 0.15) is 64.6 Å². The fourth-order valence-corrected chi connectivity index (χ4v) is 7.46. The zero-order chi connectivity index (χ0) is 27.7. The molecule has 7 nitrogen and oxygen atoms in total. The van der Waals surface area contributed by atoms with Gasteiger partial charge in [-0.25, -0.2) is 9.97 Å². The highest BCUT2D eigenvalue weighted by Gasteiger charge is 2.41. The maximum absolute atomic E-state index is 10.8. The van der Waals surface area contributed by atoms with Crippen LogP contribution in [0.5, 0.6) is 0 Å². The average Bonchev–Trinajstić information content (AvgIpc) is 3.56. The van der Waals surface area contributed by atoms with Gasteiger partial charge in [-0.3, -0.25) is 0 Å². The number of aliphatic hydroxyl groups is 3. The number of thiazole rings is 1. The molecule has 9 heteroatoms. The van der Waals surface area contributed by atoms with E-state index in [-0.39, 0.29) is 12.5 Å². The zero-order valence-corrected chi connectivity index (χ0v) is 24.6. The van der Waals surface area contributed by atoms with E-state index < -0.39 is 18.2 Å². The van der Waals surface area contributed by atoms with Gasteiger partial charge < -0.3 is 26.0 Å². The van der Waals surface area contributed by atoms with Gasteiger partial charge in [-0.05, 0) is 74.9 Å². The highest BCUT2D eigenvalue weighted by atomic mass is 32.1. The lowest BCUT2D eigenvalue weighted by atomic mass is 10.0. The van der Waals surface area contributed by atoms with E-state index in [1.54, 1.807) is 22.7 Å². The SMILES string of the molecule is CCC1=Cc2nc(-c3c(NC4CC(CO)C(O)C4O)nc(NCc4ccc(C)s4)c(CC)c3C)sc2C=CC1. The molecule has 3 aromatic heterocycles. The number of nitrogens with one attached hydrogen (secondary N) is 2. The molecule has 208 valence electrons. The smallest absolute Gasteiger partial charge is 0.139 e. The summed E-state index contributed by atoms with van der Waals surface area (Å²) in [6.45, 7) is 9.04. The third-order valence-electron chi connectivity index (χ3n) is 7.85. The summed E-state index contributed by atoms with van der Waals surface area (Å²) >= 11 is 3.42. The summed E-state index contributed by atoms with van der Waals surface area (Å²) < 4.78 is 0. The Balaban J connectivity index is 1.59. The first-order valence-electron chi connectivity index (χ1n) is 13.8. The molecule has 0 aromatic carbocycles. The number of aliphatic hydroxyl groups excluding tert-OH is 3. The number of hydrogen-bond donors (Lipinski definition) is 5. The Morgan fingerprint density at radius 1 is 1.03 bits per heavy atom. The van der Waals surface area contributed by atoms with Gasteiger partial charge in [-0.2, -0.15) is 0 Å². The van der Waals surface area contributed by atoms with Crippen LogP contribution >= 0.6 is 22.7 Å². The van der Waals surface area contributed by atoms with Crippen molar-refractivity contribution < 1.29 is 15.3 Å². The first kappa shape index (κ1) is 28.0. The number of pyridine rings is 1. The van der Waals surface area contributed by atoms with E-state index in [1.807, 2.05) is 0 Å². The lowest BCUT2D eigenvalue weighted by molar-refractivity contribution is 0.00446. The van der Waals surface area contributed by atoms with Crippen molar-refractivity contribution in [1.29, 1.82) is 0 Å². The number of hydrogen-bond acceptors (Lipinski definition) is 9. The fraction of sp³-hybridized carbons (Fsp3) is 0.467. The van der Waals surface area contributed by atoms with Crippen LogP contribution in [-0.4, -0.2) is 50.1 Å². The molecule has 2 aliphatic rings. The summed E-state index contributed by atoms with van der Waals surface area (Å²) in [5.74, 6) is 1.07. The quantitative estimate of drug-likeness (QED) is 0.223. The van der Waals surface area contributed by atoms with E-state index in [9.17, 15) is 15.3 Å². The van der Waals surface area contributed by atoms with Crippen LogP contribution in [0.3, 0.4) is 0 Å². The maximum atomic E-state index is 10.8. The van der Waals surface area contributed by atoms with E-state index >= 15 is 0 Å². The summed E-state index contributed by atoms with van der Waals surface area (Å²) in [5.41, 5.74) is 5.49. The van der Waals surface area contributed by atoms with Crippen molar-refractivity contribution >= 4 is 46.5 Å². The summed E-state index contributed by atoms with van der Waals surface area (Å²) in [7, 11) is 0. The van der Waals surface area contributed by atoms with Crippen LogP contribution in [0, 0.1) is 19.8 Å². The monoisotopic (exact) mass is 566 g/mol. The molecule has 0 bridgehead atoms. The molecule has 4 unspecified atom stereocenters. The molecule has 0 amide bonds. The van der Waals surface area contributed by atoms with Crippen molar-refractivity contribution in [2.45, 2.75) is 78.2 Å². The highest BCUT2D eigenvalue weighted by Crippen LogP contribution is 2.41. The molecular weight excluding hydrogens is 528 g/mol. The first-order chi connectivity index (χ1) is 18.8. The molecule has 0 saturated heterocycles. The molecule has 0 radical (unpaired) electrons. The van der Waals surface area contributed by atoms with Crippen molar-refractivity contribution in [3.8, 4) is 10.6 Å². The van der Waals surface area contributed by atoms with Gasteiger partial charge in [0.1, 0.15) is 22.7 Å². The summed E-state index contributed by atoms with van der Waals surface area (Å²) in [5, 5.41) is 38.9. The number of aryl methyl sites for hydroxylation is 1. The minimum absolute atomic E-state index is 0.171. The molecule has 0 aliphatic heterocycles. The minimum atomic E-state index is -1.00. The van der Waals surface area contributed by atoms with Crippen molar-refractivity contribution in [3.05, 3.63) is 55.2 Å². The number of rotatable bonds is 9. The topological polar surface area (TPSA) is 111 Å². The third kappa shape index (κ3) is 5.69. The summed E-state index contributed by atoms with van der Waals surface area (Å²) in [4.78, 5) is 13.8. The second-order valence-electron chi connectivity index (χ2n) is 10.4. The van der Waals surface area contributed by atoms with Crippen LogP contribution in [0.15, 0.2) is 23.8 Å². The molecule has 5 N–H and O–H groups in total. The van der Waals surface area contributed by atoms with Gasteiger partial charge in [-0.15, -0.1) is 22.7 Å². The Labute approximate surface area is 238 Å². The Kier molecular flexibility index (Phi) is 8.54. The summed E-state index contributed by atoms with van der Waals surface area (Å²) in [6.07, 6.45) is 7.77. The number of nitrogens with zero attached hydrogens (tertiary/aromatic N) is 2. The summed E-state index contributed by atoms with van der Waals surface area (Å²) in [6, 6.07) is 3.83. The zero-order valence-electron chi connectivity index (χ0n) is 23.0. The molecule has 1 fully saturated rings. The van der Waals surface area contributed by atoms with E-state index in [2.05, 4.69) is 68.7 Å². The van der Waals surface area contributed by atoms with Gasteiger partial charge in [0.15, 0.2) is 0 Å². The van der Waals surface area contributed by atoms with E-state index in [0.717, 1.165) is 57.3 Å². The molecular formula is C30H38N4O3S2. The van der Waals surface area contributed by atoms with Crippen molar-refractivity contribution in [1.82, 2.24) is 9.97 Å². The maximum Gasteiger partial charge on any atom is 0.139 e. The molecule has 5 rings (SSSR count). The Hall–Kier alpha value is -2.56. The van der Waals surface area contributed by atoms with E-state index in [0.29, 0.717) is 18.8 Å². The first-order valence-corrected chi connectivity index (χ1v) is 15.4. The number of fused-ring (bicyclic) bond motifs is 1. The van der Waals surface area contributed by atoms with Gasteiger partial charge >= 0.3 is 0 Å². The van der Waals surface area contributed by atoms with Crippen molar-refractivity contribution in [2.24, 2.45) is 5.92 Å². The second-order valence-corrected chi connectivity index (χ2v) is 12.9. The van der Waals surface area contributed by atoms with Crippen LogP contribution in [-0.2, 0) is 13.0 Å². The van der Waals surface area contributed by atoms with Crippen LogP contribution in [0.2, 0.25) is 0 Å². The number of aromatic nitrogens is 2. The molecule has 1 saturated carbocycles. The van der Waals surface area contributed by atoms with Crippen molar-refractivity contribution in [2.75, 3.05) is 17.2 Å². The standard InChI is InChI=1S/C30H38N4O3S2/c1-5-18-8-7-9-24-22(12-18)33-30(39-24)25-17(4)21(6-2)28(31-14-20-11-10-16(3)38-20)34-29(25)32-23-13-19(15-35)26(36)27(23)37/h7,9-12,19,23,26-27,35-37H,5-6,8,13-15H2,1-4H3,(H2,31,32,34). The molecule has 0 spiro atoms. The number of allylic oxidation sites excluding steroid dienone is 2. The molecule has 39 heavy (non-hydrogen) atoms. The third-order valence-corrected chi connectivity index (χ3v) is 9.91. The lowest BCUT2D eigenvalue weighted by Gasteiger charge is -2.23. The average molecular weight is 567 g/mol. The molecule has 4 atom stereocenters. The largest absolute Gasteiger partial charge is 0.396 e. The van der Waals surface area contributed by atoms with Gasteiger partial charge in [0.2, 0.25) is 0 Å². The van der Waals surface area contributed by atoms with Crippen molar-refractivity contribution in [3.63, 3.8) is 0 Å². The number of anilines is 2. The van der Waals surface area contributed by atoms with Gasteiger partial charge in [0, 0.05) is 22.3 Å². The Bertz CT molecular complexity index is 1390. The predicted molar refractivity (Wildman–Crippen MR) is 162 cm³/mol. The van der Waals surface area contributed by atoms with Gasteiger partial charge in [0.05, 0.1) is 34.8 Å². The molecule has 3 heterocycles. The molecule has 3 aromatic rings.